The van der Waals surface area contributed by atoms with E-state index in [4.69, 9.17) is 0 Å². The van der Waals surface area contributed by atoms with Crippen LogP contribution < -0.4 is 10.6 Å². The second kappa shape index (κ2) is 8.73. The van der Waals surface area contributed by atoms with Crippen molar-refractivity contribution in [2.75, 3.05) is 40.3 Å². The van der Waals surface area contributed by atoms with Gasteiger partial charge in [0.1, 0.15) is 5.82 Å². The van der Waals surface area contributed by atoms with E-state index in [0.29, 0.717) is 5.92 Å². The van der Waals surface area contributed by atoms with Crippen LogP contribution in [0.25, 0.3) is 0 Å². The molecular formula is C17H27FN4. The maximum absolute atomic E-state index is 12.8. The minimum Gasteiger partial charge on any atom is -0.356 e. The highest BCUT2D eigenvalue weighted by molar-refractivity contribution is 5.79. The smallest absolute Gasteiger partial charge is 0.190 e. The van der Waals surface area contributed by atoms with Crippen LogP contribution in [0.15, 0.2) is 29.3 Å². The predicted octanol–water partition coefficient (Wildman–Crippen LogP) is 1.87. The van der Waals surface area contributed by atoms with Crippen molar-refractivity contribution in [2.24, 2.45) is 10.9 Å². The molecular weight excluding hydrogens is 279 g/mol. The standard InChI is InChI=1S/C17H27FN4/c1-19-17(21-12-15-4-3-11-22(2)13-15)20-10-9-14-5-7-16(18)8-6-14/h5-8,15H,3-4,9-13H2,1-2H3,(H2,19,20,21). The molecule has 1 saturated heterocycles. The molecule has 1 atom stereocenters. The summed E-state index contributed by atoms with van der Waals surface area (Å²) >= 11 is 0. The third kappa shape index (κ3) is 5.64. The first-order valence-corrected chi connectivity index (χ1v) is 8.05. The van der Waals surface area contributed by atoms with Crippen molar-refractivity contribution in [1.82, 2.24) is 15.5 Å². The molecule has 0 aromatic heterocycles. The molecule has 122 valence electrons. The average molecular weight is 306 g/mol. The Hall–Kier alpha value is -1.62. The van der Waals surface area contributed by atoms with Crippen LogP contribution in [0.4, 0.5) is 4.39 Å². The Morgan fingerprint density at radius 2 is 2.09 bits per heavy atom. The Morgan fingerprint density at radius 3 is 2.77 bits per heavy atom. The van der Waals surface area contributed by atoms with Crippen LogP contribution in [0.5, 0.6) is 0 Å². The highest BCUT2D eigenvalue weighted by atomic mass is 19.1. The molecule has 1 aromatic rings. The maximum Gasteiger partial charge on any atom is 0.190 e. The Balaban J connectivity index is 1.67. The van der Waals surface area contributed by atoms with Gasteiger partial charge in [0.05, 0.1) is 0 Å². The monoisotopic (exact) mass is 306 g/mol. The summed E-state index contributed by atoms with van der Waals surface area (Å²) in [6.45, 7) is 4.11. The molecule has 4 nitrogen and oxygen atoms in total. The van der Waals surface area contributed by atoms with Gasteiger partial charge >= 0.3 is 0 Å². The van der Waals surface area contributed by atoms with Gasteiger partial charge in [0.15, 0.2) is 5.96 Å². The number of hydrogen-bond acceptors (Lipinski definition) is 2. The molecule has 1 aliphatic rings. The zero-order valence-electron chi connectivity index (χ0n) is 13.6. The van der Waals surface area contributed by atoms with Crippen molar-refractivity contribution < 1.29 is 4.39 Å². The van der Waals surface area contributed by atoms with Crippen LogP contribution >= 0.6 is 0 Å². The van der Waals surface area contributed by atoms with Crippen LogP contribution in [0.3, 0.4) is 0 Å². The Morgan fingerprint density at radius 1 is 1.32 bits per heavy atom. The zero-order chi connectivity index (χ0) is 15.8. The molecule has 1 fully saturated rings. The average Bonchev–Trinajstić information content (AvgIpc) is 2.52. The molecule has 0 amide bonds. The van der Waals surface area contributed by atoms with Gasteiger partial charge < -0.3 is 15.5 Å². The van der Waals surface area contributed by atoms with E-state index < -0.39 is 0 Å². The Kier molecular flexibility index (Phi) is 6.65. The second-order valence-corrected chi connectivity index (χ2v) is 6.03. The van der Waals surface area contributed by atoms with Gasteiger partial charge in [0.25, 0.3) is 0 Å². The molecule has 5 heteroatoms. The van der Waals surface area contributed by atoms with Crippen LogP contribution in [0, 0.1) is 11.7 Å². The van der Waals surface area contributed by atoms with Gasteiger partial charge in [-0.05, 0) is 56.5 Å². The maximum atomic E-state index is 12.8. The molecule has 2 N–H and O–H groups in total. The highest BCUT2D eigenvalue weighted by Crippen LogP contribution is 2.13. The molecule has 0 saturated carbocycles. The van der Waals surface area contributed by atoms with Gasteiger partial charge in [-0.1, -0.05) is 12.1 Å². The van der Waals surface area contributed by atoms with E-state index in [1.807, 2.05) is 12.1 Å². The van der Waals surface area contributed by atoms with Gasteiger partial charge in [-0.3, -0.25) is 4.99 Å². The number of guanidine groups is 1. The third-order valence-electron chi connectivity index (χ3n) is 4.12. The molecule has 22 heavy (non-hydrogen) atoms. The van der Waals surface area contributed by atoms with E-state index in [1.54, 1.807) is 7.05 Å². The zero-order valence-corrected chi connectivity index (χ0v) is 13.6. The van der Waals surface area contributed by atoms with Crippen molar-refractivity contribution in [3.05, 3.63) is 35.6 Å². The SMILES string of the molecule is CN=C(NCCc1ccc(F)cc1)NCC1CCCN(C)C1. The number of benzene rings is 1. The number of piperidine rings is 1. The molecule has 0 bridgehead atoms. The minimum atomic E-state index is -0.188. The van der Waals surface area contributed by atoms with Gasteiger partial charge in [-0.15, -0.1) is 0 Å². The fourth-order valence-corrected chi connectivity index (χ4v) is 2.88. The molecule has 0 radical (unpaired) electrons. The molecule has 1 heterocycles. The summed E-state index contributed by atoms with van der Waals surface area (Å²) in [5.74, 6) is 1.34. The molecule has 1 unspecified atom stereocenters. The van der Waals surface area contributed by atoms with Gasteiger partial charge in [0, 0.05) is 26.7 Å². The first kappa shape index (κ1) is 16.7. The van der Waals surface area contributed by atoms with Gasteiger partial charge in [0.2, 0.25) is 0 Å². The second-order valence-electron chi connectivity index (χ2n) is 6.03. The number of rotatable bonds is 5. The largest absolute Gasteiger partial charge is 0.356 e. The fourth-order valence-electron chi connectivity index (χ4n) is 2.88. The molecule has 0 aliphatic carbocycles. The summed E-state index contributed by atoms with van der Waals surface area (Å²) in [6.07, 6.45) is 3.41. The van der Waals surface area contributed by atoms with Crippen LogP contribution in [-0.4, -0.2) is 51.1 Å². The topological polar surface area (TPSA) is 39.7 Å². The van der Waals surface area contributed by atoms with E-state index in [0.717, 1.165) is 37.6 Å². The highest BCUT2D eigenvalue weighted by Gasteiger charge is 2.17. The number of aliphatic imine (C=N–C) groups is 1. The van der Waals surface area contributed by atoms with Crippen LogP contribution in [-0.2, 0) is 6.42 Å². The summed E-state index contributed by atoms with van der Waals surface area (Å²) < 4.78 is 12.8. The van der Waals surface area contributed by atoms with Crippen molar-refractivity contribution in [2.45, 2.75) is 19.3 Å². The van der Waals surface area contributed by atoms with Crippen molar-refractivity contribution in [1.29, 1.82) is 0 Å². The number of likely N-dealkylation sites (tertiary alicyclic amines) is 1. The van der Waals surface area contributed by atoms with E-state index in [2.05, 4.69) is 27.6 Å². The van der Waals surface area contributed by atoms with E-state index in [9.17, 15) is 4.39 Å². The van der Waals surface area contributed by atoms with E-state index >= 15 is 0 Å². The van der Waals surface area contributed by atoms with Crippen molar-refractivity contribution >= 4 is 5.96 Å². The van der Waals surface area contributed by atoms with E-state index in [-0.39, 0.29) is 5.82 Å². The number of nitrogens with zero attached hydrogens (tertiary/aromatic N) is 2. The molecule has 1 aromatic carbocycles. The minimum absolute atomic E-state index is 0.188. The first-order valence-electron chi connectivity index (χ1n) is 8.05. The Bertz CT molecular complexity index is 472. The summed E-state index contributed by atoms with van der Waals surface area (Å²) in [4.78, 5) is 6.65. The first-order chi connectivity index (χ1) is 10.7. The van der Waals surface area contributed by atoms with Crippen LogP contribution in [0.1, 0.15) is 18.4 Å². The summed E-state index contributed by atoms with van der Waals surface area (Å²) in [5.41, 5.74) is 1.12. The lowest BCUT2D eigenvalue weighted by molar-refractivity contribution is 0.210. The summed E-state index contributed by atoms with van der Waals surface area (Å²) in [5, 5.41) is 6.72. The quantitative estimate of drug-likeness (QED) is 0.644. The van der Waals surface area contributed by atoms with Crippen molar-refractivity contribution in [3.63, 3.8) is 0 Å². The normalized spacial score (nSPS) is 20.0. The fraction of sp³-hybridized carbons (Fsp3) is 0.588. The lowest BCUT2D eigenvalue weighted by Gasteiger charge is -2.30. The number of halogens is 1. The third-order valence-corrected chi connectivity index (χ3v) is 4.12. The molecule has 2 rings (SSSR count). The van der Waals surface area contributed by atoms with Crippen LogP contribution in [0.2, 0.25) is 0 Å². The molecule has 1 aliphatic heterocycles. The number of nitrogens with one attached hydrogen (secondary N) is 2. The summed E-state index contributed by atoms with van der Waals surface area (Å²) in [7, 11) is 3.97. The van der Waals surface area contributed by atoms with Gasteiger partial charge in [-0.2, -0.15) is 0 Å². The van der Waals surface area contributed by atoms with Gasteiger partial charge in [-0.25, -0.2) is 4.39 Å². The Labute approximate surface area is 132 Å². The lowest BCUT2D eigenvalue weighted by atomic mass is 9.99. The summed E-state index contributed by atoms with van der Waals surface area (Å²) in [6, 6.07) is 6.65. The number of hydrogen-bond donors (Lipinski definition) is 2. The van der Waals surface area contributed by atoms with Crippen molar-refractivity contribution in [3.8, 4) is 0 Å². The lowest BCUT2D eigenvalue weighted by Crippen LogP contribution is -2.44. The van der Waals surface area contributed by atoms with E-state index in [1.165, 1.54) is 31.5 Å². The molecule has 0 spiro atoms. The predicted molar refractivity (Wildman–Crippen MR) is 89.7 cm³/mol.